The topological polar surface area (TPSA) is 39.8 Å². The zero-order valence-corrected chi connectivity index (χ0v) is 9.84. The van der Waals surface area contributed by atoms with E-state index in [1.807, 2.05) is 35.8 Å². The maximum Gasteiger partial charge on any atom is 0.276 e. The Kier molecular flexibility index (Phi) is 2.04. The minimum absolute atomic E-state index is 0.0121. The van der Waals surface area contributed by atoms with Gasteiger partial charge in [0.1, 0.15) is 11.0 Å². The van der Waals surface area contributed by atoms with Gasteiger partial charge in [0.25, 0.3) is 5.56 Å². The van der Waals surface area contributed by atoms with E-state index < -0.39 is 0 Å². The lowest BCUT2D eigenvalue weighted by Gasteiger charge is -2.06. The van der Waals surface area contributed by atoms with Crippen LogP contribution < -0.4 is 5.56 Å². The van der Waals surface area contributed by atoms with Gasteiger partial charge in [0.05, 0.1) is 11.8 Å². The van der Waals surface area contributed by atoms with E-state index in [-0.39, 0.29) is 5.56 Å². The molecule has 0 aliphatic carbocycles. The molecule has 0 amide bonds. The van der Waals surface area contributed by atoms with Crippen LogP contribution in [0.25, 0.3) is 21.9 Å². The van der Waals surface area contributed by atoms with Crippen molar-refractivity contribution in [2.75, 3.05) is 0 Å². The van der Waals surface area contributed by atoms with Crippen LogP contribution in [0, 0.1) is 0 Å². The Morgan fingerprint density at radius 3 is 2.82 bits per heavy atom. The number of hydrogen-bond acceptors (Lipinski definition) is 2. The van der Waals surface area contributed by atoms with Crippen LogP contribution in [0.3, 0.4) is 0 Å². The van der Waals surface area contributed by atoms with Gasteiger partial charge in [-0.2, -0.15) is 0 Å². The number of benzene rings is 1. The summed E-state index contributed by atoms with van der Waals surface area (Å²) in [5.41, 5.74) is 2.42. The fourth-order valence-corrected chi connectivity index (χ4v) is 2.28. The van der Waals surface area contributed by atoms with Crippen molar-refractivity contribution in [1.82, 2.24) is 14.1 Å². The molecule has 0 fully saturated rings. The molecule has 0 bridgehead atoms. The van der Waals surface area contributed by atoms with Crippen molar-refractivity contribution in [2.45, 2.75) is 13.5 Å². The number of para-hydroxylation sites is 1. The Labute approximate surface area is 98.1 Å². The van der Waals surface area contributed by atoms with Crippen LogP contribution in [0.5, 0.6) is 0 Å². The van der Waals surface area contributed by atoms with Gasteiger partial charge in [-0.15, -0.1) is 0 Å². The molecule has 3 aromatic rings. The average Bonchev–Trinajstić information content (AvgIpc) is 2.80. The van der Waals surface area contributed by atoms with Crippen molar-refractivity contribution in [3.63, 3.8) is 0 Å². The molecule has 17 heavy (non-hydrogen) atoms. The molecule has 0 atom stereocenters. The number of fused-ring (bicyclic) bond motifs is 3. The minimum atomic E-state index is 0.0121. The van der Waals surface area contributed by atoms with E-state index in [1.54, 1.807) is 17.9 Å². The van der Waals surface area contributed by atoms with Crippen LogP contribution in [0.4, 0.5) is 0 Å². The third-order valence-electron chi connectivity index (χ3n) is 3.21. The lowest BCUT2D eigenvalue weighted by molar-refractivity contribution is 0.776. The summed E-state index contributed by atoms with van der Waals surface area (Å²) in [6.45, 7) is 2.76. The summed E-state index contributed by atoms with van der Waals surface area (Å²) >= 11 is 0. The molecule has 2 aromatic heterocycles. The first-order valence-electron chi connectivity index (χ1n) is 5.66. The number of pyridine rings is 1. The van der Waals surface area contributed by atoms with Crippen LogP contribution in [-0.4, -0.2) is 14.1 Å². The summed E-state index contributed by atoms with van der Waals surface area (Å²) < 4.78 is 3.58. The van der Waals surface area contributed by atoms with E-state index in [2.05, 4.69) is 4.98 Å². The SMILES string of the molecule is CCn1cnc2c3ccccc3n(C)c(=O)c21. The summed E-state index contributed by atoms with van der Waals surface area (Å²) in [5, 5.41) is 1.02. The van der Waals surface area contributed by atoms with Gasteiger partial charge in [-0.25, -0.2) is 4.98 Å². The predicted octanol–water partition coefficient (Wildman–Crippen LogP) is 1.91. The Morgan fingerprint density at radius 2 is 2.06 bits per heavy atom. The molecule has 2 heterocycles. The largest absolute Gasteiger partial charge is 0.326 e. The van der Waals surface area contributed by atoms with Gasteiger partial charge >= 0.3 is 0 Å². The third kappa shape index (κ3) is 1.24. The molecule has 0 saturated heterocycles. The highest BCUT2D eigenvalue weighted by molar-refractivity contribution is 6.01. The molecule has 0 aliphatic heterocycles. The van der Waals surface area contributed by atoms with Crippen LogP contribution in [0.1, 0.15) is 6.92 Å². The normalized spacial score (nSPS) is 11.4. The van der Waals surface area contributed by atoms with Crippen molar-refractivity contribution in [1.29, 1.82) is 0 Å². The van der Waals surface area contributed by atoms with Crippen molar-refractivity contribution in [3.8, 4) is 0 Å². The lowest BCUT2D eigenvalue weighted by atomic mass is 10.2. The molecule has 0 saturated carbocycles. The van der Waals surface area contributed by atoms with Gasteiger partial charge in [-0.3, -0.25) is 4.79 Å². The highest BCUT2D eigenvalue weighted by Crippen LogP contribution is 2.20. The van der Waals surface area contributed by atoms with E-state index in [9.17, 15) is 4.79 Å². The van der Waals surface area contributed by atoms with Gasteiger partial charge in [-0.05, 0) is 13.0 Å². The number of nitrogens with zero attached hydrogens (tertiary/aromatic N) is 3. The highest BCUT2D eigenvalue weighted by Gasteiger charge is 2.12. The predicted molar refractivity (Wildman–Crippen MR) is 68.2 cm³/mol. The van der Waals surface area contributed by atoms with Gasteiger partial charge in [0, 0.05) is 19.0 Å². The highest BCUT2D eigenvalue weighted by atomic mass is 16.1. The van der Waals surface area contributed by atoms with Gasteiger partial charge < -0.3 is 9.13 Å². The maximum absolute atomic E-state index is 12.3. The van der Waals surface area contributed by atoms with Crippen LogP contribution >= 0.6 is 0 Å². The Balaban J connectivity index is 2.67. The summed E-state index contributed by atoms with van der Waals surface area (Å²) in [6, 6.07) is 7.85. The number of aryl methyl sites for hydroxylation is 2. The molecule has 0 radical (unpaired) electrons. The Hall–Kier alpha value is -2.10. The number of aromatic nitrogens is 3. The fraction of sp³-hybridized carbons (Fsp3) is 0.231. The lowest BCUT2D eigenvalue weighted by Crippen LogP contribution is -2.19. The molecule has 3 rings (SSSR count). The van der Waals surface area contributed by atoms with Crippen LogP contribution in [-0.2, 0) is 13.6 Å². The first kappa shape index (κ1) is 10.1. The molecule has 4 nitrogen and oxygen atoms in total. The summed E-state index contributed by atoms with van der Waals surface area (Å²) in [6.07, 6.45) is 1.73. The minimum Gasteiger partial charge on any atom is -0.326 e. The number of hydrogen-bond donors (Lipinski definition) is 0. The number of rotatable bonds is 1. The van der Waals surface area contributed by atoms with Crippen LogP contribution in [0.15, 0.2) is 35.4 Å². The molecule has 0 unspecified atom stereocenters. The Bertz CT molecular complexity index is 767. The molecule has 0 aliphatic rings. The monoisotopic (exact) mass is 227 g/mol. The van der Waals surface area contributed by atoms with E-state index in [0.717, 1.165) is 23.0 Å². The molecule has 0 N–H and O–H groups in total. The average molecular weight is 227 g/mol. The van der Waals surface area contributed by atoms with Crippen LogP contribution in [0.2, 0.25) is 0 Å². The molecule has 86 valence electrons. The second kappa shape index (κ2) is 3.45. The summed E-state index contributed by atoms with van der Waals surface area (Å²) in [5.74, 6) is 0. The van der Waals surface area contributed by atoms with Crippen molar-refractivity contribution >= 4 is 21.9 Å². The molecule has 1 aromatic carbocycles. The molecular formula is C13H13N3O. The second-order valence-corrected chi connectivity index (χ2v) is 4.11. The standard InChI is InChI=1S/C13H13N3O/c1-3-16-8-14-11-9-6-4-5-7-10(9)15(2)13(17)12(11)16/h4-8H,3H2,1-2H3. The van der Waals surface area contributed by atoms with Crippen molar-refractivity contribution < 1.29 is 0 Å². The zero-order chi connectivity index (χ0) is 12.0. The van der Waals surface area contributed by atoms with Gasteiger partial charge in [0.2, 0.25) is 0 Å². The first-order valence-corrected chi connectivity index (χ1v) is 5.66. The molecule has 4 heteroatoms. The molecule has 0 spiro atoms. The smallest absolute Gasteiger partial charge is 0.276 e. The van der Waals surface area contributed by atoms with E-state index >= 15 is 0 Å². The van der Waals surface area contributed by atoms with E-state index in [1.165, 1.54) is 0 Å². The summed E-state index contributed by atoms with van der Waals surface area (Å²) in [7, 11) is 1.80. The van der Waals surface area contributed by atoms with E-state index in [0.29, 0.717) is 5.52 Å². The summed E-state index contributed by atoms with van der Waals surface area (Å²) in [4.78, 5) is 16.7. The number of imidazole rings is 1. The molecular weight excluding hydrogens is 214 g/mol. The second-order valence-electron chi connectivity index (χ2n) is 4.11. The van der Waals surface area contributed by atoms with Crippen molar-refractivity contribution in [2.24, 2.45) is 7.05 Å². The zero-order valence-electron chi connectivity index (χ0n) is 9.84. The van der Waals surface area contributed by atoms with Gasteiger partial charge in [0.15, 0.2) is 0 Å². The quantitative estimate of drug-likeness (QED) is 0.637. The maximum atomic E-state index is 12.3. The third-order valence-corrected chi connectivity index (χ3v) is 3.21. The fourth-order valence-electron chi connectivity index (χ4n) is 2.28. The van der Waals surface area contributed by atoms with Gasteiger partial charge in [-0.1, -0.05) is 18.2 Å². The van der Waals surface area contributed by atoms with Crippen molar-refractivity contribution in [3.05, 3.63) is 40.9 Å². The first-order chi connectivity index (χ1) is 8.24. The Morgan fingerprint density at radius 1 is 1.29 bits per heavy atom. The van der Waals surface area contributed by atoms with E-state index in [4.69, 9.17) is 0 Å².